The lowest BCUT2D eigenvalue weighted by Gasteiger charge is -2.05. The molecule has 7 heteroatoms. The molecule has 0 aliphatic carbocycles. The van der Waals surface area contributed by atoms with Gasteiger partial charge in [0.1, 0.15) is 5.00 Å². The molecule has 0 aliphatic rings. The quantitative estimate of drug-likeness (QED) is 0.812. The Hall–Kier alpha value is -2.02. The number of hydrogen-bond acceptors (Lipinski definition) is 6. The molecule has 2 aromatic rings. The van der Waals surface area contributed by atoms with Gasteiger partial charge in [-0.15, -0.1) is 5.10 Å². The summed E-state index contributed by atoms with van der Waals surface area (Å²) in [4.78, 5) is 15.8. The topological polar surface area (TPSA) is 93.8 Å². The number of nitrogens with one attached hydrogen (secondary N) is 1. The van der Waals surface area contributed by atoms with E-state index in [9.17, 15) is 4.79 Å². The van der Waals surface area contributed by atoms with Crippen molar-refractivity contribution in [1.29, 1.82) is 0 Å². The second-order valence-corrected chi connectivity index (χ2v) is 3.92. The van der Waals surface area contributed by atoms with Gasteiger partial charge in [0.15, 0.2) is 0 Å². The van der Waals surface area contributed by atoms with Gasteiger partial charge in [-0.3, -0.25) is 9.78 Å². The second-order valence-electron chi connectivity index (χ2n) is 3.14. The van der Waals surface area contributed by atoms with Crippen molar-refractivity contribution in [3.05, 3.63) is 29.7 Å². The molecule has 82 valence electrons. The van der Waals surface area contributed by atoms with Crippen LogP contribution in [0.4, 0.5) is 10.7 Å². The number of nitrogen functional groups attached to an aromatic ring is 1. The zero-order valence-corrected chi connectivity index (χ0v) is 9.28. The first-order valence-corrected chi connectivity index (χ1v) is 5.25. The standard InChI is InChI=1S/C9H9N5OS/c1-5-7(2-6(10)3-11-5)9(15)13-8-4-12-14-16-8/h2-4H,10H2,1H3,(H,13,15). The van der Waals surface area contributed by atoms with Crippen LogP contribution in [0.2, 0.25) is 0 Å². The van der Waals surface area contributed by atoms with Gasteiger partial charge < -0.3 is 11.1 Å². The van der Waals surface area contributed by atoms with Gasteiger partial charge in [-0.05, 0) is 13.0 Å². The van der Waals surface area contributed by atoms with E-state index in [0.29, 0.717) is 21.9 Å². The van der Waals surface area contributed by atoms with Crippen LogP contribution in [0.1, 0.15) is 16.1 Å². The minimum Gasteiger partial charge on any atom is -0.397 e. The number of rotatable bonds is 2. The van der Waals surface area contributed by atoms with Crippen LogP contribution in [-0.4, -0.2) is 20.5 Å². The summed E-state index contributed by atoms with van der Waals surface area (Å²) in [5.41, 5.74) is 7.11. The molecule has 2 rings (SSSR count). The summed E-state index contributed by atoms with van der Waals surface area (Å²) in [6.45, 7) is 1.75. The predicted octanol–water partition coefficient (Wildman–Crippen LogP) is 1.08. The average molecular weight is 235 g/mol. The molecule has 0 spiro atoms. The number of nitrogens with zero attached hydrogens (tertiary/aromatic N) is 3. The van der Waals surface area contributed by atoms with E-state index in [1.54, 1.807) is 13.0 Å². The molecule has 0 bridgehead atoms. The third-order valence-electron chi connectivity index (χ3n) is 1.95. The number of hydrogen-bond donors (Lipinski definition) is 2. The lowest BCUT2D eigenvalue weighted by Crippen LogP contribution is -2.13. The van der Waals surface area contributed by atoms with Gasteiger partial charge in [-0.25, -0.2) is 0 Å². The minimum atomic E-state index is -0.261. The van der Waals surface area contributed by atoms with E-state index < -0.39 is 0 Å². The molecular weight excluding hydrogens is 226 g/mol. The van der Waals surface area contributed by atoms with Gasteiger partial charge in [-0.2, -0.15) is 0 Å². The summed E-state index contributed by atoms with van der Waals surface area (Å²) in [6, 6.07) is 1.59. The van der Waals surface area contributed by atoms with Crippen molar-refractivity contribution in [2.75, 3.05) is 11.1 Å². The number of amides is 1. The summed E-state index contributed by atoms with van der Waals surface area (Å²) >= 11 is 1.11. The monoisotopic (exact) mass is 235 g/mol. The number of anilines is 2. The summed E-state index contributed by atoms with van der Waals surface area (Å²) < 4.78 is 3.65. The van der Waals surface area contributed by atoms with Gasteiger partial charge in [0.05, 0.1) is 29.3 Å². The van der Waals surface area contributed by atoms with Crippen molar-refractivity contribution in [3.8, 4) is 0 Å². The van der Waals surface area contributed by atoms with E-state index in [-0.39, 0.29) is 5.91 Å². The zero-order valence-electron chi connectivity index (χ0n) is 8.47. The summed E-state index contributed by atoms with van der Waals surface area (Å²) in [5, 5.41) is 6.88. The third kappa shape index (κ3) is 2.14. The molecule has 6 nitrogen and oxygen atoms in total. The average Bonchev–Trinajstić information content (AvgIpc) is 2.74. The van der Waals surface area contributed by atoms with Crippen LogP contribution < -0.4 is 11.1 Å². The lowest BCUT2D eigenvalue weighted by atomic mass is 10.2. The molecule has 2 heterocycles. The van der Waals surface area contributed by atoms with Gasteiger partial charge in [0, 0.05) is 11.5 Å². The molecule has 0 unspecified atom stereocenters. The number of aromatic nitrogens is 3. The SMILES string of the molecule is Cc1ncc(N)cc1C(=O)Nc1cnns1. The van der Waals surface area contributed by atoms with E-state index in [2.05, 4.69) is 19.9 Å². The van der Waals surface area contributed by atoms with Crippen LogP contribution in [0.3, 0.4) is 0 Å². The van der Waals surface area contributed by atoms with Crippen LogP contribution in [0.25, 0.3) is 0 Å². The normalized spacial score (nSPS) is 10.1. The van der Waals surface area contributed by atoms with Crippen molar-refractivity contribution in [2.45, 2.75) is 6.92 Å². The zero-order chi connectivity index (χ0) is 11.5. The van der Waals surface area contributed by atoms with Crippen molar-refractivity contribution in [1.82, 2.24) is 14.6 Å². The highest BCUT2D eigenvalue weighted by Gasteiger charge is 2.11. The highest BCUT2D eigenvalue weighted by Crippen LogP contribution is 2.14. The van der Waals surface area contributed by atoms with Crippen molar-refractivity contribution in [2.24, 2.45) is 0 Å². The van der Waals surface area contributed by atoms with Gasteiger partial charge in [-0.1, -0.05) is 4.49 Å². The maximum Gasteiger partial charge on any atom is 0.258 e. The van der Waals surface area contributed by atoms with Crippen LogP contribution >= 0.6 is 11.5 Å². The molecule has 1 amide bonds. The Labute approximate surface area is 95.7 Å². The fraction of sp³-hybridized carbons (Fsp3) is 0.111. The number of nitrogens with two attached hydrogens (primary N) is 1. The minimum absolute atomic E-state index is 0.261. The molecule has 16 heavy (non-hydrogen) atoms. The molecule has 0 aliphatic heterocycles. The molecular formula is C9H9N5OS. The Kier molecular flexibility index (Phi) is 2.78. The summed E-state index contributed by atoms with van der Waals surface area (Å²) in [7, 11) is 0. The molecule has 2 aromatic heterocycles. The molecule has 0 saturated heterocycles. The van der Waals surface area contributed by atoms with Crippen LogP contribution in [0.5, 0.6) is 0 Å². The smallest absolute Gasteiger partial charge is 0.258 e. The molecule has 0 atom stereocenters. The lowest BCUT2D eigenvalue weighted by molar-refractivity contribution is 0.102. The number of carbonyl (C=O) groups is 1. The number of carbonyl (C=O) groups excluding carboxylic acids is 1. The number of aryl methyl sites for hydroxylation is 1. The Bertz CT molecular complexity index is 511. The first-order valence-electron chi connectivity index (χ1n) is 4.47. The van der Waals surface area contributed by atoms with Crippen LogP contribution in [0.15, 0.2) is 18.5 Å². The Morgan fingerprint density at radius 3 is 3.00 bits per heavy atom. The van der Waals surface area contributed by atoms with Crippen LogP contribution in [-0.2, 0) is 0 Å². The van der Waals surface area contributed by atoms with E-state index >= 15 is 0 Å². The molecule has 0 fully saturated rings. The largest absolute Gasteiger partial charge is 0.397 e. The first-order chi connectivity index (χ1) is 7.66. The Morgan fingerprint density at radius 2 is 2.31 bits per heavy atom. The molecule has 0 radical (unpaired) electrons. The van der Waals surface area contributed by atoms with Crippen molar-refractivity contribution in [3.63, 3.8) is 0 Å². The predicted molar refractivity (Wildman–Crippen MR) is 61.2 cm³/mol. The van der Waals surface area contributed by atoms with Crippen molar-refractivity contribution >= 4 is 28.1 Å². The molecule has 3 N–H and O–H groups in total. The maximum atomic E-state index is 11.8. The van der Waals surface area contributed by atoms with E-state index in [0.717, 1.165) is 11.5 Å². The Balaban J connectivity index is 2.24. The summed E-state index contributed by atoms with van der Waals surface area (Å²) in [5.74, 6) is -0.261. The third-order valence-corrected chi connectivity index (χ3v) is 2.53. The second kappa shape index (κ2) is 4.23. The summed E-state index contributed by atoms with van der Waals surface area (Å²) in [6.07, 6.45) is 3.00. The maximum absolute atomic E-state index is 11.8. The van der Waals surface area contributed by atoms with Crippen molar-refractivity contribution < 1.29 is 4.79 Å². The van der Waals surface area contributed by atoms with Gasteiger partial charge >= 0.3 is 0 Å². The highest BCUT2D eigenvalue weighted by molar-refractivity contribution is 7.10. The Morgan fingerprint density at radius 1 is 1.50 bits per heavy atom. The van der Waals surface area contributed by atoms with E-state index in [4.69, 9.17) is 5.73 Å². The van der Waals surface area contributed by atoms with Gasteiger partial charge in [0.2, 0.25) is 0 Å². The fourth-order valence-electron chi connectivity index (χ4n) is 1.18. The fourth-order valence-corrected chi connectivity index (χ4v) is 1.60. The van der Waals surface area contributed by atoms with E-state index in [1.807, 2.05) is 0 Å². The van der Waals surface area contributed by atoms with Gasteiger partial charge in [0.25, 0.3) is 5.91 Å². The first kappa shape index (κ1) is 10.5. The molecule has 0 aromatic carbocycles. The van der Waals surface area contributed by atoms with E-state index in [1.165, 1.54) is 12.4 Å². The number of pyridine rings is 1. The highest BCUT2D eigenvalue weighted by atomic mass is 32.1. The van der Waals surface area contributed by atoms with Crippen LogP contribution in [0, 0.1) is 6.92 Å². The molecule has 0 saturated carbocycles.